The number of carbonyl (C=O) groups excluding carboxylic acids is 1. The second-order valence-electron chi connectivity index (χ2n) is 3.32. The number of benzene rings is 1. The van der Waals surface area contributed by atoms with Crippen LogP contribution in [-0.2, 0) is 4.74 Å². The van der Waals surface area contributed by atoms with Crippen molar-refractivity contribution in [2.24, 2.45) is 0 Å². The summed E-state index contributed by atoms with van der Waals surface area (Å²) >= 11 is 2.14. The first-order valence-electron chi connectivity index (χ1n) is 4.83. The number of aliphatic hydroxyl groups excluding tert-OH is 1. The number of ether oxygens (including phenoxy) is 1. The molecule has 0 spiro atoms. The number of hydrogen-bond acceptors (Lipinski definition) is 3. The van der Waals surface area contributed by atoms with E-state index in [1.54, 1.807) is 12.1 Å². The van der Waals surface area contributed by atoms with Gasteiger partial charge in [0, 0.05) is 16.2 Å². The Balaban J connectivity index is 2.64. The third kappa shape index (κ3) is 4.07. The molecule has 0 bridgehead atoms. The first-order valence-corrected chi connectivity index (χ1v) is 5.91. The van der Waals surface area contributed by atoms with Gasteiger partial charge in [-0.1, -0.05) is 6.07 Å². The molecular formula is C11H14INO3. The highest BCUT2D eigenvalue weighted by atomic mass is 127. The van der Waals surface area contributed by atoms with E-state index in [0.717, 1.165) is 3.57 Å². The number of methoxy groups -OCH3 is 1. The third-order valence-electron chi connectivity index (χ3n) is 2.01. The summed E-state index contributed by atoms with van der Waals surface area (Å²) in [6, 6.07) is 6.89. The summed E-state index contributed by atoms with van der Waals surface area (Å²) in [7, 11) is 1.53. The van der Waals surface area contributed by atoms with E-state index in [2.05, 4.69) is 27.9 Å². The zero-order valence-corrected chi connectivity index (χ0v) is 11.1. The first-order chi connectivity index (χ1) is 7.67. The summed E-state index contributed by atoms with van der Waals surface area (Å²) in [5.74, 6) is -0.199. The lowest BCUT2D eigenvalue weighted by atomic mass is 10.2. The van der Waals surface area contributed by atoms with Gasteiger partial charge in [-0.15, -0.1) is 0 Å². The van der Waals surface area contributed by atoms with Crippen molar-refractivity contribution < 1.29 is 14.6 Å². The molecule has 1 unspecified atom stereocenters. The largest absolute Gasteiger partial charge is 0.394 e. The Labute approximate surface area is 108 Å². The molecule has 0 aliphatic heterocycles. The van der Waals surface area contributed by atoms with Gasteiger partial charge in [-0.3, -0.25) is 4.79 Å². The summed E-state index contributed by atoms with van der Waals surface area (Å²) in [5.41, 5.74) is 0.585. The van der Waals surface area contributed by atoms with Gasteiger partial charge in [-0.2, -0.15) is 0 Å². The monoisotopic (exact) mass is 335 g/mol. The minimum atomic E-state index is -0.365. The maximum Gasteiger partial charge on any atom is 0.251 e. The average Bonchev–Trinajstić information content (AvgIpc) is 2.28. The van der Waals surface area contributed by atoms with Crippen LogP contribution < -0.4 is 5.32 Å². The van der Waals surface area contributed by atoms with Crippen LogP contribution in [0.2, 0.25) is 0 Å². The van der Waals surface area contributed by atoms with E-state index in [-0.39, 0.29) is 18.6 Å². The number of rotatable bonds is 5. The molecule has 0 radical (unpaired) electrons. The molecule has 1 aromatic carbocycles. The summed E-state index contributed by atoms with van der Waals surface area (Å²) in [6.07, 6.45) is 0. The smallest absolute Gasteiger partial charge is 0.251 e. The first kappa shape index (κ1) is 13.4. The van der Waals surface area contributed by atoms with E-state index in [1.807, 2.05) is 12.1 Å². The molecular weight excluding hydrogens is 321 g/mol. The number of halogens is 1. The highest BCUT2D eigenvalue weighted by Crippen LogP contribution is 2.07. The molecule has 0 aliphatic rings. The number of aliphatic hydroxyl groups is 1. The third-order valence-corrected chi connectivity index (χ3v) is 2.68. The summed E-state index contributed by atoms with van der Waals surface area (Å²) in [4.78, 5) is 11.8. The van der Waals surface area contributed by atoms with Crippen molar-refractivity contribution in [2.75, 3.05) is 20.3 Å². The van der Waals surface area contributed by atoms with E-state index < -0.39 is 0 Å². The second kappa shape index (κ2) is 6.82. The molecule has 0 saturated heterocycles. The van der Waals surface area contributed by atoms with Crippen LogP contribution in [0.15, 0.2) is 24.3 Å². The van der Waals surface area contributed by atoms with E-state index in [9.17, 15) is 4.79 Å². The Morgan fingerprint density at radius 3 is 2.94 bits per heavy atom. The van der Waals surface area contributed by atoms with Gasteiger partial charge in [-0.05, 0) is 40.8 Å². The minimum Gasteiger partial charge on any atom is -0.394 e. The standard InChI is InChI=1S/C11H14INO3/c1-16-7-10(6-14)13-11(15)8-3-2-4-9(12)5-8/h2-5,10,14H,6-7H2,1H3,(H,13,15). The SMILES string of the molecule is COCC(CO)NC(=O)c1cccc(I)c1. The number of hydrogen-bond donors (Lipinski definition) is 2. The Morgan fingerprint density at radius 1 is 1.62 bits per heavy atom. The molecule has 5 heteroatoms. The second-order valence-corrected chi connectivity index (χ2v) is 4.56. The van der Waals surface area contributed by atoms with Gasteiger partial charge in [0.15, 0.2) is 0 Å². The van der Waals surface area contributed by atoms with Crippen LogP contribution >= 0.6 is 22.6 Å². The normalized spacial score (nSPS) is 12.2. The van der Waals surface area contributed by atoms with E-state index in [0.29, 0.717) is 12.2 Å². The fraction of sp³-hybridized carbons (Fsp3) is 0.364. The molecule has 4 nitrogen and oxygen atoms in total. The Bertz CT molecular complexity index is 357. The number of nitrogens with one attached hydrogen (secondary N) is 1. The quantitative estimate of drug-likeness (QED) is 0.791. The highest BCUT2D eigenvalue weighted by Gasteiger charge is 2.12. The van der Waals surface area contributed by atoms with Crippen molar-refractivity contribution in [1.29, 1.82) is 0 Å². The number of amides is 1. The lowest BCUT2D eigenvalue weighted by Crippen LogP contribution is -2.40. The Morgan fingerprint density at radius 2 is 2.38 bits per heavy atom. The molecule has 0 aliphatic carbocycles. The fourth-order valence-electron chi connectivity index (χ4n) is 1.24. The van der Waals surface area contributed by atoms with Gasteiger partial charge in [0.25, 0.3) is 5.91 Å². The summed E-state index contributed by atoms with van der Waals surface area (Å²) in [6.45, 7) is 0.162. The van der Waals surface area contributed by atoms with Crippen LogP contribution in [0.4, 0.5) is 0 Å². The molecule has 1 amide bonds. The van der Waals surface area contributed by atoms with Crippen LogP contribution in [-0.4, -0.2) is 37.4 Å². The fourth-order valence-corrected chi connectivity index (χ4v) is 1.78. The lowest BCUT2D eigenvalue weighted by Gasteiger charge is -2.15. The van der Waals surface area contributed by atoms with Gasteiger partial charge < -0.3 is 15.2 Å². The van der Waals surface area contributed by atoms with Crippen molar-refractivity contribution >= 4 is 28.5 Å². The molecule has 1 rings (SSSR count). The molecule has 2 N–H and O–H groups in total. The molecule has 1 atom stereocenters. The topological polar surface area (TPSA) is 58.6 Å². The Kier molecular flexibility index (Phi) is 5.72. The Hall–Kier alpha value is -0.660. The molecule has 0 saturated carbocycles. The zero-order chi connectivity index (χ0) is 12.0. The molecule has 0 heterocycles. The van der Waals surface area contributed by atoms with E-state index in [1.165, 1.54) is 7.11 Å². The van der Waals surface area contributed by atoms with Crippen LogP contribution in [0.3, 0.4) is 0 Å². The van der Waals surface area contributed by atoms with E-state index in [4.69, 9.17) is 9.84 Å². The van der Waals surface area contributed by atoms with Crippen LogP contribution in [0.5, 0.6) is 0 Å². The maximum absolute atomic E-state index is 11.8. The lowest BCUT2D eigenvalue weighted by molar-refractivity contribution is 0.0839. The maximum atomic E-state index is 11.8. The van der Waals surface area contributed by atoms with Crippen LogP contribution in [0.1, 0.15) is 10.4 Å². The van der Waals surface area contributed by atoms with Crippen molar-refractivity contribution in [3.05, 3.63) is 33.4 Å². The van der Waals surface area contributed by atoms with Crippen molar-refractivity contribution in [3.63, 3.8) is 0 Å². The van der Waals surface area contributed by atoms with Gasteiger partial charge in [0.05, 0.1) is 19.3 Å². The molecule has 1 aromatic rings. The predicted molar refractivity (Wildman–Crippen MR) is 69.4 cm³/mol. The van der Waals surface area contributed by atoms with Gasteiger partial charge in [0.2, 0.25) is 0 Å². The van der Waals surface area contributed by atoms with Crippen molar-refractivity contribution in [3.8, 4) is 0 Å². The van der Waals surface area contributed by atoms with Gasteiger partial charge in [-0.25, -0.2) is 0 Å². The van der Waals surface area contributed by atoms with Crippen LogP contribution in [0.25, 0.3) is 0 Å². The van der Waals surface area contributed by atoms with Crippen LogP contribution in [0, 0.1) is 3.57 Å². The molecule has 88 valence electrons. The van der Waals surface area contributed by atoms with Crippen molar-refractivity contribution in [2.45, 2.75) is 6.04 Å². The number of carbonyl (C=O) groups is 1. The highest BCUT2D eigenvalue weighted by molar-refractivity contribution is 14.1. The molecule has 0 fully saturated rings. The van der Waals surface area contributed by atoms with Gasteiger partial charge in [0.1, 0.15) is 0 Å². The predicted octanol–water partition coefficient (Wildman–Crippen LogP) is 1.03. The van der Waals surface area contributed by atoms with Gasteiger partial charge >= 0.3 is 0 Å². The minimum absolute atomic E-state index is 0.135. The molecule has 16 heavy (non-hydrogen) atoms. The van der Waals surface area contributed by atoms with Crippen molar-refractivity contribution in [1.82, 2.24) is 5.32 Å². The van der Waals surface area contributed by atoms with E-state index >= 15 is 0 Å². The average molecular weight is 335 g/mol. The summed E-state index contributed by atoms with van der Waals surface area (Å²) < 4.78 is 5.88. The summed E-state index contributed by atoms with van der Waals surface area (Å²) in [5, 5.41) is 11.7. The molecule has 0 aromatic heterocycles. The zero-order valence-electron chi connectivity index (χ0n) is 8.94.